The minimum atomic E-state index is -2.45. The number of hydroxylamine groups is 2. The summed E-state index contributed by atoms with van der Waals surface area (Å²) in [6.45, 7) is 12.6. The third kappa shape index (κ3) is 15.9. The maximum atomic E-state index is 14.5. The van der Waals surface area contributed by atoms with E-state index >= 15 is 0 Å². The van der Waals surface area contributed by atoms with Crippen molar-refractivity contribution < 1.29 is 72.2 Å². The molecule has 2 bridgehead atoms. The van der Waals surface area contributed by atoms with Crippen molar-refractivity contribution in [3.05, 3.63) is 47.6 Å². The lowest BCUT2D eigenvalue weighted by Crippen LogP contribution is -2.61. The molecule has 3 fully saturated rings. The van der Waals surface area contributed by atoms with Crippen molar-refractivity contribution in [2.45, 2.75) is 180 Å². The van der Waals surface area contributed by atoms with E-state index in [1.807, 2.05) is 51.2 Å². The fraction of sp³-hybridized carbons (Fsp3) is 0.741. The Morgan fingerprint density at radius 2 is 1.59 bits per heavy atom. The lowest BCUT2D eigenvalue weighted by Gasteiger charge is -2.42. The van der Waals surface area contributed by atoms with Crippen LogP contribution in [0.4, 0.5) is 4.79 Å². The van der Waals surface area contributed by atoms with Gasteiger partial charge in [-0.1, -0.05) is 71.1 Å². The number of aliphatic hydroxyl groups is 2. The first kappa shape index (κ1) is 59.5. The van der Waals surface area contributed by atoms with Gasteiger partial charge < -0.3 is 43.5 Å². The standard InChI is InChI=1S/C54H84N2O15/c1-32-18-14-13-15-19-33(2)44(65-9)30-40-23-21-38(7)54(64,71-40)50(60)51(61)56-25-17-16-20-41(56)52(62)69-45(31-42(57)34(3)27-37(6)48(59)49(67-11)47(58)36(5)26-32)35(4)28-39-22-24-43(46(29-39)66-10)70-53(63)55(8)68-12/h13-15,18-19,27,32,34-36,38-41,43-46,48-49,59,64H,16-17,20-26,28-31H2,1-12H3/b15-13+,18-14+,33-19+,37-27+/t32-,34?,35?,36?,38?,39?,40+,41?,43-,44+,45+,46?,48-,49?,54?/m1/s1. The number of esters is 1. The molecule has 0 aromatic carbocycles. The number of fused-ring (bicyclic) bond motifs is 3. The minimum absolute atomic E-state index is 0.00393. The van der Waals surface area contributed by atoms with Gasteiger partial charge in [0.25, 0.3) is 11.7 Å². The number of aliphatic hydroxyl groups excluding tert-OH is 1. The van der Waals surface area contributed by atoms with Gasteiger partial charge in [-0.15, -0.1) is 0 Å². The summed E-state index contributed by atoms with van der Waals surface area (Å²) < 4.78 is 35.4. The predicted octanol–water partition coefficient (Wildman–Crippen LogP) is 6.82. The van der Waals surface area contributed by atoms with E-state index in [4.69, 9.17) is 33.3 Å². The lowest BCUT2D eigenvalue weighted by atomic mass is 9.78. The molecule has 3 aliphatic heterocycles. The highest BCUT2D eigenvalue weighted by molar-refractivity contribution is 6.39. The lowest BCUT2D eigenvalue weighted by molar-refractivity contribution is -0.265. The summed E-state index contributed by atoms with van der Waals surface area (Å²) in [6, 6.07) is -1.18. The Balaban J connectivity index is 1.69. The molecule has 0 aromatic heterocycles. The molecule has 400 valence electrons. The van der Waals surface area contributed by atoms with Crippen LogP contribution in [0.2, 0.25) is 0 Å². The maximum Gasteiger partial charge on any atom is 0.434 e. The molecule has 2 saturated heterocycles. The number of carbonyl (C=O) groups is 6. The van der Waals surface area contributed by atoms with Gasteiger partial charge in [0.05, 0.1) is 25.4 Å². The molecule has 1 saturated carbocycles. The number of amides is 2. The Morgan fingerprint density at radius 3 is 2.25 bits per heavy atom. The Kier molecular flexibility index (Phi) is 23.3. The van der Waals surface area contributed by atoms with Crippen molar-refractivity contribution in [1.29, 1.82) is 0 Å². The van der Waals surface area contributed by atoms with E-state index in [2.05, 4.69) is 0 Å². The number of carbonyl (C=O) groups excluding carboxylic acids is 6. The Morgan fingerprint density at radius 1 is 0.873 bits per heavy atom. The summed E-state index contributed by atoms with van der Waals surface area (Å²) in [4.78, 5) is 89.8. The molecular formula is C54H84N2O15. The van der Waals surface area contributed by atoms with Crippen LogP contribution in [0.25, 0.3) is 0 Å². The van der Waals surface area contributed by atoms with Gasteiger partial charge >= 0.3 is 12.1 Å². The van der Waals surface area contributed by atoms with Gasteiger partial charge in [0, 0.05) is 65.5 Å². The van der Waals surface area contributed by atoms with Crippen LogP contribution in [0.15, 0.2) is 47.6 Å². The van der Waals surface area contributed by atoms with Crippen LogP contribution in [0.1, 0.15) is 126 Å². The zero-order valence-corrected chi connectivity index (χ0v) is 44.3. The van der Waals surface area contributed by atoms with E-state index in [-0.39, 0.29) is 42.8 Å². The van der Waals surface area contributed by atoms with E-state index < -0.39 is 102 Å². The largest absolute Gasteiger partial charge is 0.460 e. The third-order valence-electron chi connectivity index (χ3n) is 15.2. The predicted molar refractivity (Wildman–Crippen MR) is 264 cm³/mol. The van der Waals surface area contributed by atoms with E-state index in [0.29, 0.717) is 69.8 Å². The molecule has 4 aliphatic rings. The Bertz CT molecular complexity index is 1950. The minimum Gasteiger partial charge on any atom is -0.460 e. The summed E-state index contributed by atoms with van der Waals surface area (Å²) in [5, 5.41) is 24.5. The maximum absolute atomic E-state index is 14.5. The highest BCUT2D eigenvalue weighted by atomic mass is 16.7. The van der Waals surface area contributed by atoms with Crippen molar-refractivity contribution in [3.63, 3.8) is 0 Å². The second kappa shape index (κ2) is 27.8. The SMILES string of the molecule is COC1C(=O)C(C)C[C@H](C)/C=C/C=C/C=C(\C)[C@@H](OC)C[C@@H]2CCC(C)C(O)(O2)C(=O)C(=O)N2CCCCC2C(=O)O[C@H](C(C)CC2CC[C@@H](OC(=O)N(C)OC)C(OC)C2)CC(=O)C(C)/C=C(\C)[C@H]1O. The molecule has 2 N–H and O–H groups in total. The summed E-state index contributed by atoms with van der Waals surface area (Å²) in [6.07, 6.45) is 9.88. The van der Waals surface area contributed by atoms with Crippen molar-refractivity contribution in [2.75, 3.05) is 42.0 Å². The van der Waals surface area contributed by atoms with Crippen LogP contribution >= 0.6 is 0 Å². The van der Waals surface area contributed by atoms with Crippen LogP contribution < -0.4 is 0 Å². The third-order valence-corrected chi connectivity index (χ3v) is 15.2. The number of ketones is 3. The molecule has 2 amide bonds. The van der Waals surface area contributed by atoms with Crippen LogP contribution in [0, 0.1) is 35.5 Å². The zero-order chi connectivity index (χ0) is 52.7. The van der Waals surface area contributed by atoms with Gasteiger partial charge in [0.1, 0.15) is 36.2 Å². The van der Waals surface area contributed by atoms with Gasteiger partial charge in [-0.05, 0) is 107 Å². The highest BCUT2D eigenvalue weighted by Gasteiger charge is 2.53. The number of Topliss-reactive ketones (excluding diaryl/α,β-unsaturated/α-hetero) is 3. The molecule has 0 spiro atoms. The van der Waals surface area contributed by atoms with E-state index in [1.54, 1.807) is 48.0 Å². The fourth-order valence-corrected chi connectivity index (χ4v) is 10.5. The number of piperidine rings is 1. The number of cyclic esters (lactones) is 1. The summed E-state index contributed by atoms with van der Waals surface area (Å²) >= 11 is 0. The molecule has 17 nitrogen and oxygen atoms in total. The number of ether oxygens (including phenoxy) is 6. The molecule has 1 aliphatic carbocycles. The molecular weight excluding hydrogens is 917 g/mol. The number of methoxy groups -OCH3 is 3. The van der Waals surface area contributed by atoms with Crippen LogP contribution in [0.3, 0.4) is 0 Å². The van der Waals surface area contributed by atoms with Gasteiger partial charge in [0.2, 0.25) is 5.79 Å². The second-order valence-corrected chi connectivity index (χ2v) is 20.6. The molecule has 15 atom stereocenters. The topological polar surface area (TPSA) is 214 Å². The molecule has 9 unspecified atom stereocenters. The Labute approximate surface area is 421 Å². The average Bonchev–Trinajstić information content (AvgIpc) is 3.35. The summed E-state index contributed by atoms with van der Waals surface area (Å²) in [5.74, 6) is -8.34. The first-order valence-electron chi connectivity index (χ1n) is 25.6. The van der Waals surface area contributed by atoms with E-state index in [1.165, 1.54) is 26.2 Å². The number of nitrogens with zero attached hydrogens (tertiary/aromatic N) is 2. The van der Waals surface area contributed by atoms with Crippen LogP contribution in [0.5, 0.6) is 0 Å². The highest BCUT2D eigenvalue weighted by Crippen LogP contribution is 2.38. The zero-order valence-electron chi connectivity index (χ0n) is 44.3. The molecule has 17 heteroatoms. The second-order valence-electron chi connectivity index (χ2n) is 20.6. The first-order valence-corrected chi connectivity index (χ1v) is 25.6. The number of hydrogen-bond acceptors (Lipinski definition) is 15. The molecule has 0 radical (unpaired) electrons. The smallest absolute Gasteiger partial charge is 0.434 e. The van der Waals surface area contributed by atoms with Crippen molar-refractivity contribution in [3.8, 4) is 0 Å². The van der Waals surface area contributed by atoms with E-state index in [9.17, 15) is 39.0 Å². The van der Waals surface area contributed by atoms with Crippen LogP contribution in [-0.4, -0.2) is 152 Å². The Hall–Kier alpha value is -4.10. The van der Waals surface area contributed by atoms with Crippen molar-refractivity contribution in [1.82, 2.24) is 9.96 Å². The van der Waals surface area contributed by atoms with Gasteiger partial charge in [0.15, 0.2) is 5.78 Å². The van der Waals surface area contributed by atoms with Crippen LogP contribution in [-0.2, 0) is 57.2 Å². The molecule has 4 rings (SSSR count). The number of allylic oxidation sites excluding steroid dienone is 6. The molecule has 3 heterocycles. The normalized spacial score (nSPS) is 37.9. The van der Waals surface area contributed by atoms with Gasteiger partial charge in [-0.3, -0.25) is 24.0 Å². The quantitative estimate of drug-likeness (QED) is 0.111. The summed E-state index contributed by atoms with van der Waals surface area (Å²) in [5.41, 5.74) is 1.24. The average molecular weight is 1000 g/mol. The van der Waals surface area contributed by atoms with Crippen molar-refractivity contribution in [2.24, 2.45) is 35.5 Å². The van der Waals surface area contributed by atoms with Gasteiger partial charge in [-0.2, -0.15) is 5.06 Å². The number of rotatable bonds is 8. The summed E-state index contributed by atoms with van der Waals surface area (Å²) in [7, 11) is 7.30. The molecule has 0 aromatic rings. The van der Waals surface area contributed by atoms with E-state index in [0.717, 1.165) is 10.6 Å². The monoisotopic (exact) mass is 1000 g/mol. The van der Waals surface area contributed by atoms with Crippen molar-refractivity contribution >= 4 is 35.3 Å². The first-order chi connectivity index (χ1) is 33.6. The van der Waals surface area contributed by atoms with Gasteiger partial charge in [-0.25, -0.2) is 9.59 Å². The fourth-order valence-electron chi connectivity index (χ4n) is 10.5. The molecule has 71 heavy (non-hydrogen) atoms. The number of hydrogen-bond donors (Lipinski definition) is 2.